The third-order valence-corrected chi connectivity index (χ3v) is 7.44. The van der Waals surface area contributed by atoms with E-state index in [9.17, 15) is 9.59 Å². The van der Waals surface area contributed by atoms with E-state index >= 15 is 4.39 Å². The van der Waals surface area contributed by atoms with Crippen molar-refractivity contribution in [3.63, 3.8) is 0 Å². The molecule has 1 aliphatic rings. The highest BCUT2D eigenvalue weighted by molar-refractivity contribution is 7.22. The van der Waals surface area contributed by atoms with E-state index in [4.69, 9.17) is 4.74 Å². The van der Waals surface area contributed by atoms with Crippen molar-refractivity contribution in [3.05, 3.63) is 54.6 Å². The SMILES string of the molecule is CCNC(=O)Nc1nc2c(F)c(-c3ccc(N4CCN(CC(=O)OC)CC4)nc3)cc(-c3ccccn3)c2s1. The second-order valence-corrected chi connectivity index (χ2v) is 9.93. The average Bonchev–Trinajstić information content (AvgIpc) is 3.38. The zero-order valence-corrected chi connectivity index (χ0v) is 22.4. The number of esters is 1. The zero-order chi connectivity index (χ0) is 27.4. The molecule has 202 valence electrons. The number of hydrogen-bond acceptors (Lipinski definition) is 9. The Morgan fingerprint density at radius 3 is 2.59 bits per heavy atom. The summed E-state index contributed by atoms with van der Waals surface area (Å²) in [6.07, 6.45) is 3.34. The number of carbonyl (C=O) groups excluding carboxylic acids is 2. The maximum atomic E-state index is 15.9. The Labute approximate surface area is 228 Å². The van der Waals surface area contributed by atoms with Crippen molar-refractivity contribution in [2.24, 2.45) is 0 Å². The summed E-state index contributed by atoms with van der Waals surface area (Å²) in [7, 11) is 1.39. The fourth-order valence-electron chi connectivity index (χ4n) is 4.44. The molecule has 0 radical (unpaired) electrons. The summed E-state index contributed by atoms with van der Waals surface area (Å²) in [6, 6.07) is 10.6. The minimum Gasteiger partial charge on any atom is -0.468 e. The Morgan fingerprint density at radius 2 is 1.92 bits per heavy atom. The molecule has 3 aromatic heterocycles. The van der Waals surface area contributed by atoms with E-state index in [1.165, 1.54) is 18.4 Å². The van der Waals surface area contributed by atoms with Gasteiger partial charge in [0, 0.05) is 61.8 Å². The average molecular weight is 550 g/mol. The van der Waals surface area contributed by atoms with Gasteiger partial charge in [0.1, 0.15) is 11.3 Å². The Bertz CT molecular complexity index is 1470. The van der Waals surface area contributed by atoms with Crippen molar-refractivity contribution in [3.8, 4) is 22.4 Å². The van der Waals surface area contributed by atoms with E-state index in [2.05, 4.69) is 30.5 Å². The monoisotopic (exact) mass is 549 g/mol. The summed E-state index contributed by atoms with van der Waals surface area (Å²) in [5, 5.41) is 5.63. The molecule has 12 heteroatoms. The molecule has 1 saturated heterocycles. The van der Waals surface area contributed by atoms with Crippen LogP contribution in [0, 0.1) is 5.82 Å². The van der Waals surface area contributed by atoms with Crippen molar-refractivity contribution in [2.75, 3.05) is 56.6 Å². The number of rotatable bonds is 7. The first kappa shape index (κ1) is 26.4. The molecule has 1 aromatic carbocycles. The maximum absolute atomic E-state index is 15.9. The number of halogens is 1. The topological polar surface area (TPSA) is 113 Å². The number of hydrogen-bond donors (Lipinski definition) is 2. The van der Waals surface area contributed by atoms with Gasteiger partial charge in [-0.1, -0.05) is 17.4 Å². The molecule has 10 nitrogen and oxygen atoms in total. The van der Waals surface area contributed by atoms with Crippen LogP contribution in [0.4, 0.5) is 20.1 Å². The molecule has 39 heavy (non-hydrogen) atoms. The zero-order valence-electron chi connectivity index (χ0n) is 21.6. The number of anilines is 2. The molecule has 2 N–H and O–H groups in total. The van der Waals surface area contributed by atoms with Gasteiger partial charge in [-0.2, -0.15) is 0 Å². The van der Waals surface area contributed by atoms with Crippen LogP contribution in [-0.4, -0.2) is 78.2 Å². The fraction of sp³-hybridized carbons (Fsp3) is 0.296. The number of nitrogens with zero attached hydrogens (tertiary/aromatic N) is 5. The number of carbonyl (C=O) groups is 2. The van der Waals surface area contributed by atoms with Crippen LogP contribution < -0.4 is 15.5 Å². The lowest BCUT2D eigenvalue weighted by Crippen LogP contribution is -2.48. The number of benzene rings is 1. The first-order valence-corrected chi connectivity index (χ1v) is 13.4. The first-order chi connectivity index (χ1) is 19.0. The highest BCUT2D eigenvalue weighted by atomic mass is 32.1. The van der Waals surface area contributed by atoms with E-state index in [0.717, 1.165) is 5.82 Å². The van der Waals surface area contributed by atoms with Crippen LogP contribution in [0.15, 0.2) is 48.8 Å². The molecule has 1 aliphatic heterocycles. The number of piperazine rings is 1. The Morgan fingerprint density at radius 1 is 1.10 bits per heavy atom. The minimum absolute atomic E-state index is 0.163. The van der Waals surface area contributed by atoms with Crippen LogP contribution in [0.2, 0.25) is 0 Å². The van der Waals surface area contributed by atoms with Crippen molar-refractivity contribution in [2.45, 2.75) is 6.92 Å². The van der Waals surface area contributed by atoms with E-state index in [1.807, 2.05) is 42.2 Å². The van der Waals surface area contributed by atoms with Gasteiger partial charge in [0.2, 0.25) is 0 Å². The van der Waals surface area contributed by atoms with Crippen LogP contribution in [-0.2, 0) is 9.53 Å². The van der Waals surface area contributed by atoms with Crippen LogP contribution in [0.25, 0.3) is 32.6 Å². The molecule has 1 fully saturated rings. The predicted molar refractivity (Wildman–Crippen MR) is 149 cm³/mol. The van der Waals surface area contributed by atoms with E-state index in [0.29, 0.717) is 64.9 Å². The van der Waals surface area contributed by atoms with E-state index < -0.39 is 11.8 Å². The largest absolute Gasteiger partial charge is 0.468 e. The second-order valence-electron chi connectivity index (χ2n) is 8.93. The van der Waals surface area contributed by atoms with Crippen LogP contribution >= 0.6 is 11.3 Å². The Kier molecular flexibility index (Phi) is 7.94. The first-order valence-electron chi connectivity index (χ1n) is 12.6. The van der Waals surface area contributed by atoms with E-state index in [-0.39, 0.29) is 18.0 Å². The van der Waals surface area contributed by atoms with Gasteiger partial charge in [-0.25, -0.2) is 19.2 Å². The van der Waals surface area contributed by atoms with Gasteiger partial charge in [0.25, 0.3) is 0 Å². The highest BCUT2D eigenvalue weighted by Crippen LogP contribution is 2.40. The number of methoxy groups -OCH3 is 1. The summed E-state index contributed by atoms with van der Waals surface area (Å²) >= 11 is 1.20. The molecule has 4 aromatic rings. The molecule has 0 saturated carbocycles. The molecule has 0 atom stereocenters. The van der Waals surface area contributed by atoms with E-state index in [1.54, 1.807) is 18.5 Å². The Balaban J connectivity index is 1.45. The van der Waals surface area contributed by atoms with Crippen molar-refractivity contribution in [1.82, 2.24) is 25.2 Å². The number of pyridine rings is 2. The number of urea groups is 1. The third-order valence-electron chi connectivity index (χ3n) is 6.44. The summed E-state index contributed by atoms with van der Waals surface area (Å²) in [5.41, 5.74) is 2.50. The predicted octanol–water partition coefficient (Wildman–Crippen LogP) is 4.00. The lowest BCUT2D eigenvalue weighted by molar-refractivity contribution is -0.142. The summed E-state index contributed by atoms with van der Waals surface area (Å²) < 4.78 is 21.2. The van der Waals surface area contributed by atoms with Crippen LogP contribution in [0.1, 0.15) is 6.92 Å². The smallest absolute Gasteiger partial charge is 0.321 e. The van der Waals surface area contributed by atoms with Gasteiger partial charge < -0.3 is 15.0 Å². The normalized spacial score (nSPS) is 13.9. The number of aromatic nitrogens is 3. The Hall–Kier alpha value is -4.16. The summed E-state index contributed by atoms with van der Waals surface area (Å²) in [5.74, 6) is 0.0445. The minimum atomic E-state index is -0.490. The summed E-state index contributed by atoms with van der Waals surface area (Å²) in [6.45, 7) is 5.41. The molecular weight excluding hydrogens is 521 g/mol. The van der Waals surface area contributed by atoms with Gasteiger partial charge in [0.15, 0.2) is 10.9 Å². The van der Waals surface area contributed by atoms with Gasteiger partial charge >= 0.3 is 12.0 Å². The molecule has 0 aliphatic carbocycles. The van der Waals surface area contributed by atoms with Crippen molar-refractivity contribution < 1.29 is 18.7 Å². The lowest BCUT2D eigenvalue weighted by Gasteiger charge is -2.34. The summed E-state index contributed by atoms with van der Waals surface area (Å²) in [4.78, 5) is 41.3. The number of ether oxygens (including phenoxy) is 1. The number of amides is 2. The van der Waals surface area contributed by atoms with Gasteiger partial charge in [-0.3, -0.25) is 20.0 Å². The van der Waals surface area contributed by atoms with Crippen LogP contribution in [0.5, 0.6) is 0 Å². The van der Waals surface area contributed by atoms with Gasteiger partial charge in [-0.05, 0) is 37.3 Å². The molecule has 0 spiro atoms. The molecule has 2 amide bonds. The second kappa shape index (κ2) is 11.7. The molecule has 0 unspecified atom stereocenters. The van der Waals surface area contributed by atoms with Crippen molar-refractivity contribution >= 4 is 44.5 Å². The highest BCUT2D eigenvalue weighted by Gasteiger charge is 2.22. The van der Waals surface area contributed by atoms with Crippen LogP contribution in [0.3, 0.4) is 0 Å². The standard InChI is InChI=1S/C27H28FN7O3S/c1-3-29-26(37)33-27-32-24-23(28)18(14-19(25(24)39-27)20-6-4-5-9-30-20)17-7-8-21(31-15-17)35-12-10-34(11-13-35)16-22(36)38-2/h4-9,14-15H,3,10-13,16H2,1-2H3,(H2,29,32,33,37). The third kappa shape index (κ3) is 5.81. The number of fused-ring (bicyclic) bond motifs is 1. The fourth-order valence-corrected chi connectivity index (χ4v) is 5.42. The van der Waals surface area contributed by atoms with Gasteiger partial charge in [-0.15, -0.1) is 0 Å². The number of nitrogens with one attached hydrogen (secondary N) is 2. The number of thiazole rings is 1. The quantitative estimate of drug-likeness (QED) is 0.333. The van der Waals surface area contributed by atoms with Crippen molar-refractivity contribution in [1.29, 1.82) is 0 Å². The molecular formula is C27H28FN7O3S. The molecule has 0 bridgehead atoms. The molecule has 4 heterocycles. The maximum Gasteiger partial charge on any atom is 0.321 e. The van der Waals surface area contributed by atoms with Gasteiger partial charge in [0.05, 0.1) is 24.0 Å². The lowest BCUT2D eigenvalue weighted by atomic mass is 10.0. The molecule has 5 rings (SSSR count).